The van der Waals surface area contributed by atoms with Gasteiger partial charge in [0.05, 0.1) is 12.3 Å². The molecular weight excluding hydrogens is 296 g/mol. The van der Waals surface area contributed by atoms with Crippen LogP contribution in [-0.2, 0) is 11.3 Å². The second-order valence-electron chi connectivity index (χ2n) is 7.36. The van der Waals surface area contributed by atoms with Crippen molar-refractivity contribution in [3.05, 3.63) is 11.4 Å². The molecule has 1 saturated heterocycles. The van der Waals surface area contributed by atoms with Crippen molar-refractivity contribution in [2.24, 2.45) is 0 Å². The zero-order valence-electron chi connectivity index (χ0n) is 14.7. The fourth-order valence-corrected chi connectivity index (χ4v) is 2.91. The molecule has 130 valence electrons. The van der Waals surface area contributed by atoms with E-state index in [2.05, 4.69) is 24.2 Å². The number of hydrogen-bond donors (Lipinski definition) is 1. The summed E-state index contributed by atoms with van der Waals surface area (Å²) >= 11 is 0. The number of aromatic nitrogens is 3. The van der Waals surface area contributed by atoms with E-state index in [1.54, 1.807) is 4.90 Å². The molecule has 2 rings (SSSR count). The van der Waals surface area contributed by atoms with Crippen molar-refractivity contribution in [2.45, 2.75) is 71.6 Å². The van der Waals surface area contributed by atoms with Crippen LogP contribution < -0.4 is 0 Å². The molecule has 0 spiro atoms. The van der Waals surface area contributed by atoms with Crippen LogP contribution >= 0.6 is 0 Å². The Bertz CT molecular complexity index is 540. The molecule has 1 aliphatic rings. The second kappa shape index (κ2) is 6.86. The van der Waals surface area contributed by atoms with Gasteiger partial charge in [0, 0.05) is 25.0 Å². The fraction of sp³-hybridized carbons (Fsp3) is 0.812. The van der Waals surface area contributed by atoms with Crippen molar-refractivity contribution < 1.29 is 14.6 Å². The topological polar surface area (TPSA) is 80.5 Å². The molecule has 23 heavy (non-hydrogen) atoms. The van der Waals surface area contributed by atoms with Crippen LogP contribution in [-0.4, -0.2) is 49.8 Å². The van der Waals surface area contributed by atoms with Crippen LogP contribution in [0, 0.1) is 0 Å². The van der Waals surface area contributed by atoms with Gasteiger partial charge in [0.1, 0.15) is 11.3 Å². The number of rotatable bonds is 3. The summed E-state index contributed by atoms with van der Waals surface area (Å²) in [6.07, 6.45) is 1.40. The van der Waals surface area contributed by atoms with Crippen LogP contribution in [0.15, 0.2) is 0 Å². The predicted octanol–water partition coefficient (Wildman–Crippen LogP) is 2.47. The van der Waals surface area contributed by atoms with Gasteiger partial charge >= 0.3 is 6.09 Å². The Labute approximate surface area is 137 Å². The van der Waals surface area contributed by atoms with Gasteiger partial charge in [-0.1, -0.05) is 5.21 Å². The van der Waals surface area contributed by atoms with Crippen molar-refractivity contribution >= 4 is 6.09 Å². The molecule has 1 amide bonds. The molecule has 0 aliphatic carbocycles. The minimum absolute atomic E-state index is 0.103. The van der Waals surface area contributed by atoms with Gasteiger partial charge in [0.25, 0.3) is 0 Å². The average Bonchev–Trinajstić information content (AvgIpc) is 2.89. The molecular formula is C16H28N4O3. The summed E-state index contributed by atoms with van der Waals surface area (Å²) < 4.78 is 7.32. The first-order valence-corrected chi connectivity index (χ1v) is 8.25. The Kier molecular flexibility index (Phi) is 5.29. The average molecular weight is 324 g/mol. The maximum atomic E-state index is 12.1. The first-order chi connectivity index (χ1) is 10.7. The minimum Gasteiger partial charge on any atom is -0.444 e. The molecule has 1 aromatic rings. The van der Waals surface area contributed by atoms with Crippen molar-refractivity contribution in [2.75, 3.05) is 13.1 Å². The first kappa shape index (κ1) is 17.7. The molecule has 0 atom stereocenters. The lowest BCUT2D eigenvalue weighted by Gasteiger charge is -2.34. The largest absolute Gasteiger partial charge is 0.444 e. The van der Waals surface area contributed by atoms with Gasteiger partial charge in [0.15, 0.2) is 0 Å². The third-order valence-corrected chi connectivity index (χ3v) is 3.98. The molecule has 1 fully saturated rings. The van der Waals surface area contributed by atoms with E-state index < -0.39 is 5.60 Å². The molecule has 7 nitrogen and oxygen atoms in total. The quantitative estimate of drug-likeness (QED) is 0.924. The van der Waals surface area contributed by atoms with Gasteiger partial charge < -0.3 is 14.7 Å². The number of aliphatic hydroxyl groups is 1. The lowest BCUT2D eigenvalue weighted by Crippen LogP contribution is -2.41. The molecule has 0 aromatic carbocycles. The number of aliphatic hydroxyl groups excluding tert-OH is 1. The van der Waals surface area contributed by atoms with E-state index in [-0.39, 0.29) is 24.7 Å². The van der Waals surface area contributed by atoms with Crippen LogP contribution in [0.25, 0.3) is 0 Å². The van der Waals surface area contributed by atoms with E-state index in [9.17, 15) is 9.90 Å². The zero-order chi connectivity index (χ0) is 17.2. The predicted molar refractivity (Wildman–Crippen MR) is 86.1 cm³/mol. The Balaban J connectivity index is 2.05. The molecule has 1 aromatic heterocycles. The smallest absolute Gasteiger partial charge is 0.410 e. The second-order valence-corrected chi connectivity index (χ2v) is 7.36. The van der Waals surface area contributed by atoms with E-state index in [1.807, 2.05) is 25.5 Å². The number of carbonyl (C=O) groups is 1. The highest BCUT2D eigenvalue weighted by Crippen LogP contribution is 2.31. The van der Waals surface area contributed by atoms with E-state index in [0.29, 0.717) is 18.8 Å². The molecule has 7 heteroatoms. The van der Waals surface area contributed by atoms with Crippen LogP contribution in [0.3, 0.4) is 0 Å². The monoisotopic (exact) mass is 324 g/mol. The Morgan fingerprint density at radius 2 is 1.96 bits per heavy atom. The summed E-state index contributed by atoms with van der Waals surface area (Å²) in [5, 5.41) is 17.8. The summed E-state index contributed by atoms with van der Waals surface area (Å²) in [4.78, 5) is 13.9. The number of piperidine rings is 1. The number of hydrogen-bond acceptors (Lipinski definition) is 5. The minimum atomic E-state index is -0.474. The maximum Gasteiger partial charge on any atom is 0.410 e. The number of nitrogens with zero attached hydrogens (tertiary/aromatic N) is 4. The Hall–Kier alpha value is -1.63. The summed E-state index contributed by atoms with van der Waals surface area (Å²) in [7, 11) is 0. The fourth-order valence-electron chi connectivity index (χ4n) is 2.91. The van der Waals surface area contributed by atoms with Gasteiger partial charge in [-0.05, 0) is 47.5 Å². The lowest BCUT2D eigenvalue weighted by molar-refractivity contribution is 0.0202. The van der Waals surface area contributed by atoms with Gasteiger partial charge in [-0.15, -0.1) is 5.10 Å². The van der Waals surface area contributed by atoms with E-state index in [0.717, 1.165) is 18.5 Å². The van der Waals surface area contributed by atoms with Gasteiger partial charge in [-0.25, -0.2) is 9.48 Å². The summed E-state index contributed by atoms with van der Waals surface area (Å²) in [5.41, 5.74) is 1.18. The number of likely N-dealkylation sites (tertiary alicyclic amines) is 1. The summed E-state index contributed by atoms with van der Waals surface area (Å²) in [6.45, 7) is 10.9. The van der Waals surface area contributed by atoms with Gasteiger partial charge in [0.2, 0.25) is 0 Å². The third-order valence-electron chi connectivity index (χ3n) is 3.98. The van der Waals surface area contributed by atoms with E-state index >= 15 is 0 Å². The molecule has 1 N–H and O–H groups in total. The lowest BCUT2D eigenvalue weighted by atomic mass is 9.92. The standard InChI is InChI=1S/C16H28N4O3/c1-11(2)20-14(13(10-21)17-18-20)12-6-8-19(9-7-12)15(22)23-16(3,4)5/h11-12,21H,6-10H2,1-5H3. The molecule has 0 saturated carbocycles. The van der Waals surface area contributed by atoms with Crippen molar-refractivity contribution in [3.8, 4) is 0 Å². The normalized spacial score (nSPS) is 16.9. The van der Waals surface area contributed by atoms with Crippen LogP contribution in [0.1, 0.15) is 70.8 Å². The molecule has 1 aliphatic heterocycles. The molecule has 2 heterocycles. The van der Waals surface area contributed by atoms with Crippen molar-refractivity contribution in [1.82, 2.24) is 19.9 Å². The van der Waals surface area contributed by atoms with Crippen molar-refractivity contribution in [3.63, 3.8) is 0 Å². The Morgan fingerprint density at radius 1 is 1.35 bits per heavy atom. The summed E-state index contributed by atoms with van der Waals surface area (Å²) in [5.74, 6) is 0.258. The number of amides is 1. The Morgan fingerprint density at radius 3 is 2.43 bits per heavy atom. The van der Waals surface area contributed by atoms with E-state index in [4.69, 9.17) is 4.74 Å². The molecule has 0 unspecified atom stereocenters. The number of carbonyl (C=O) groups excluding carboxylic acids is 1. The SMILES string of the molecule is CC(C)n1nnc(CO)c1C1CCN(C(=O)OC(C)(C)C)CC1. The zero-order valence-corrected chi connectivity index (χ0v) is 14.7. The van der Waals surface area contributed by atoms with Crippen molar-refractivity contribution in [1.29, 1.82) is 0 Å². The maximum absolute atomic E-state index is 12.1. The first-order valence-electron chi connectivity index (χ1n) is 8.25. The highest BCUT2D eigenvalue weighted by molar-refractivity contribution is 5.68. The van der Waals surface area contributed by atoms with Gasteiger partial charge in [-0.2, -0.15) is 0 Å². The van der Waals surface area contributed by atoms with E-state index in [1.165, 1.54) is 0 Å². The molecule has 0 bridgehead atoms. The highest BCUT2D eigenvalue weighted by Gasteiger charge is 2.31. The van der Waals surface area contributed by atoms with Crippen LogP contribution in [0.2, 0.25) is 0 Å². The molecule has 0 radical (unpaired) electrons. The van der Waals surface area contributed by atoms with Crippen LogP contribution in [0.5, 0.6) is 0 Å². The van der Waals surface area contributed by atoms with Crippen LogP contribution in [0.4, 0.5) is 4.79 Å². The highest BCUT2D eigenvalue weighted by atomic mass is 16.6. The third kappa shape index (κ3) is 4.22. The van der Waals surface area contributed by atoms with Gasteiger partial charge in [-0.3, -0.25) is 0 Å². The summed E-state index contributed by atoms with van der Waals surface area (Å²) in [6, 6.07) is 0.196. The number of ether oxygens (including phenoxy) is 1.